The number of carbonyl (C=O) groups excluding carboxylic acids is 2. The second-order valence-electron chi connectivity index (χ2n) is 6.44. The van der Waals surface area contributed by atoms with Crippen LogP contribution in [0.1, 0.15) is 36.9 Å². The summed E-state index contributed by atoms with van der Waals surface area (Å²) < 4.78 is 13.6. The number of hydrogen-bond acceptors (Lipinski definition) is 2. The van der Waals surface area contributed by atoms with Crippen LogP contribution in [0.4, 0.5) is 10.1 Å². The summed E-state index contributed by atoms with van der Waals surface area (Å²) in [5, 5.41) is 5.75. The van der Waals surface area contributed by atoms with Crippen molar-refractivity contribution in [2.24, 2.45) is 5.92 Å². The topological polar surface area (TPSA) is 58.2 Å². The van der Waals surface area contributed by atoms with Gasteiger partial charge in [0, 0.05) is 11.6 Å². The quantitative estimate of drug-likeness (QED) is 0.844. The molecule has 0 spiro atoms. The van der Waals surface area contributed by atoms with Crippen LogP contribution in [0, 0.1) is 11.7 Å². The molecule has 0 bridgehead atoms. The number of hydrogen-bond donors (Lipinski definition) is 2. The largest absolute Gasteiger partial charge is 0.349 e. The molecule has 130 valence electrons. The van der Waals surface area contributed by atoms with Gasteiger partial charge in [0.15, 0.2) is 0 Å². The van der Waals surface area contributed by atoms with Crippen LogP contribution in [0.2, 0.25) is 0 Å². The predicted octanol–water partition coefficient (Wildman–Crippen LogP) is 3.59. The molecule has 5 heteroatoms. The van der Waals surface area contributed by atoms with Crippen LogP contribution in [0.25, 0.3) is 0 Å². The average Bonchev–Trinajstić information content (AvgIpc) is 3.42. The monoisotopic (exact) mass is 340 g/mol. The lowest BCUT2D eigenvalue weighted by molar-refractivity contribution is -0.121. The maximum atomic E-state index is 13.6. The molecule has 1 aliphatic rings. The highest BCUT2D eigenvalue weighted by molar-refractivity contribution is 5.94. The molecular formula is C20H21FN2O2. The van der Waals surface area contributed by atoms with E-state index in [1.807, 2.05) is 31.2 Å². The third-order valence-corrected chi connectivity index (χ3v) is 4.31. The number of rotatable bonds is 6. The second-order valence-corrected chi connectivity index (χ2v) is 6.44. The van der Waals surface area contributed by atoms with E-state index in [1.165, 1.54) is 6.07 Å². The van der Waals surface area contributed by atoms with Gasteiger partial charge in [-0.05, 0) is 49.1 Å². The maximum Gasteiger partial charge on any atom is 0.227 e. The van der Waals surface area contributed by atoms with Gasteiger partial charge in [-0.3, -0.25) is 9.59 Å². The van der Waals surface area contributed by atoms with Crippen molar-refractivity contribution in [1.29, 1.82) is 0 Å². The van der Waals surface area contributed by atoms with E-state index in [0.717, 1.165) is 24.1 Å². The van der Waals surface area contributed by atoms with E-state index in [9.17, 15) is 14.0 Å². The van der Waals surface area contributed by atoms with Gasteiger partial charge in [-0.25, -0.2) is 4.39 Å². The van der Waals surface area contributed by atoms with Crippen molar-refractivity contribution in [3.8, 4) is 0 Å². The number of carbonyl (C=O) groups is 2. The normalized spacial score (nSPS) is 14.6. The number of nitrogens with one attached hydrogen (secondary N) is 2. The summed E-state index contributed by atoms with van der Waals surface area (Å²) in [6, 6.07) is 13.5. The van der Waals surface area contributed by atoms with E-state index in [0.29, 0.717) is 5.56 Å². The third kappa shape index (κ3) is 4.66. The molecule has 2 amide bonds. The highest BCUT2D eigenvalue weighted by Gasteiger charge is 2.29. The zero-order chi connectivity index (χ0) is 17.8. The molecule has 0 saturated heterocycles. The lowest BCUT2D eigenvalue weighted by Gasteiger charge is -2.15. The van der Waals surface area contributed by atoms with Crippen molar-refractivity contribution in [3.63, 3.8) is 0 Å². The Labute approximate surface area is 146 Å². The van der Waals surface area contributed by atoms with Gasteiger partial charge in [-0.15, -0.1) is 0 Å². The van der Waals surface area contributed by atoms with E-state index in [2.05, 4.69) is 10.6 Å². The Kier molecular flexibility index (Phi) is 5.12. The van der Waals surface area contributed by atoms with Crippen LogP contribution >= 0.6 is 0 Å². The summed E-state index contributed by atoms with van der Waals surface area (Å²) in [6.45, 7) is 1.87. The molecule has 1 unspecified atom stereocenters. The summed E-state index contributed by atoms with van der Waals surface area (Å²) in [5.74, 6) is -0.375. The molecular weight excluding hydrogens is 319 g/mol. The summed E-state index contributed by atoms with van der Waals surface area (Å²) in [7, 11) is 0. The molecule has 3 rings (SSSR count). The molecule has 0 aromatic heterocycles. The summed E-state index contributed by atoms with van der Waals surface area (Å²) in [6.07, 6.45) is 1.94. The Morgan fingerprint density at radius 1 is 1.12 bits per heavy atom. The molecule has 4 nitrogen and oxygen atoms in total. The zero-order valence-electron chi connectivity index (χ0n) is 14.1. The standard InChI is InChI=1S/C20H21FN2O2/c1-13(22-19(24)12-16-4-2-3-5-18(16)21)14-8-10-17(11-9-14)23-20(25)15-6-7-15/h2-5,8-11,13,15H,6-7,12H2,1H3,(H,22,24)(H,23,25). The molecule has 2 aromatic rings. The highest BCUT2D eigenvalue weighted by atomic mass is 19.1. The van der Waals surface area contributed by atoms with Gasteiger partial charge < -0.3 is 10.6 Å². The van der Waals surface area contributed by atoms with Gasteiger partial charge >= 0.3 is 0 Å². The molecule has 0 aliphatic heterocycles. The molecule has 25 heavy (non-hydrogen) atoms. The van der Waals surface area contributed by atoms with E-state index >= 15 is 0 Å². The van der Waals surface area contributed by atoms with E-state index in [1.54, 1.807) is 18.2 Å². The van der Waals surface area contributed by atoms with Crippen molar-refractivity contribution in [1.82, 2.24) is 5.32 Å². The van der Waals surface area contributed by atoms with Crippen molar-refractivity contribution >= 4 is 17.5 Å². The van der Waals surface area contributed by atoms with Gasteiger partial charge in [0.05, 0.1) is 12.5 Å². The Bertz CT molecular complexity index is 770. The first kappa shape index (κ1) is 17.1. The van der Waals surface area contributed by atoms with Gasteiger partial charge in [-0.2, -0.15) is 0 Å². The number of anilines is 1. The Morgan fingerprint density at radius 2 is 1.80 bits per heavy atom. The fourth-order valence-corrected chi connectivity index (χ4v) is 2.64. The first-order chi connectivity index (χ1) is 12.0. The van der Waals surface area contributed by atoms with Crippen LogP contribution in [-0.4, -0.2) is 11.8 Å². The van der Waals surface area contributed by atoms with Gasteiger partial charge in [0.25, 0.3) is 0 Å². The highest BCUT2D eigenvalue weighted by Crippen LogP contribution is 2.30. The van der Waals surface area contributed by atoms with Crippen LogP contribution < -0.4 is 10.6 Å². The average molecular weight is 340 g/mol. The molecule has 0 radical (unpaired) electrons. The van der Waals surface area contributed by atoms with Crippen LogP contribution in [-0.2, 0) is 16.0 Å². The van der Waals surface area contributed by atoms with Gasteiger partial charge in [-0.1, -0.05) is 30.3 Å². The van der Waals surface area contributed by atoms with Crippen LogP contribution in [0.5, 0.6) is 0 Å². The lowest BCUT2D eigenvalue weighted by Crippen LogP contribution is -2.28. The maximum absolute atomic E-state index is 13.6. The number of amides is 2. The van der Waals surface area contributed by atoms with Crippen molar-refractivity contribution in [2.75, 3.05) is 5.32 Å². The fraction of sp³-hybridized carbons (Fsp3) is 0.300. The molecule has 1 atom stereocenters. The van der Waals surface area contributed by atoms with Gasteiger partial charge in [0.1, 0.15) is 5.82 Å². The minimum Gasteiger partial charge on any atom is -0.349 e. The molecule has 0 heterocycles. The summed E-state index contributed by atoms with van der Waals surface area (Å²) in [4.78, 5) is 23.8. The van der Waals surface area contributed by atoms with Crippen molar-refractivity contribution < 1.29 is 14.0 Å². The molecule has 1 aliphatic carbocycles. The molecule has 2 aromatic carbocycles. The van der Waals surface area contributed by atoms with E-state index < -0.39 is 0 Å². The number of halogens is 1. The lowest BCUT2D eigenvalue weighted by atomic mass is 10.1. The first-order valence-corrected chi connectivity index (χ1v) is 8.46. The van der Waals surface area contributed by atoms with Crippen molar-refractivity contribution in [2.45, 2.75) is 32.2 Å². The Hall–Kier alpha value is -2.69. The van der Waals surface area contributed by atoms with Crippen LogP contribution in [0.15, 0.2) is 48.5 Å². The second kappa shape index (κ2) is 7.47. The predicted molar refractivity (Wildman–Crippen MR) is 94.5 cm³/mol. The third-order valence-electron chi connectivity index (χ3n) is 4.31. The molecule has 1 fully saturated rings. The zero-order valence-corrected chi connectivity index (χ0v) is 14.1. The van der Waals surface area contributed by atoms with E-state index in [4.69, 9.17) is 0 Å². The minimum absolute atomic E-state index is 0.00649. The number of benzene rings is 2. The fourth-order valence-electron chi connectivity index (χ4n) is 2.64. The first-order valence-electron chi connectivity index (χ1n) is 8.46. The summed E-state index contributed by atoms with van der Waals surface area (Å²) in [5.41, 5.74) is 2.06. The van der Waals surface area contributed by atoms with Crippen molar-refractivity contribution in [3.05, 3.63) is 65.5 Å². The SMILES string of the molecule is CC(NC(=O)Cc1ccccc1F)c1ccc(NC(=O)C2CC2)cc1. The summed E-state index contributed by atoms with van der Waals surface area (Å²) >= 11 is 0. The van der Waals surface area contributed by atoms with E-state index in [-0.39, 0.29) is 36.0 Å². The van der Waals surface area contributed by atoms with Crippen LogP contribution in [0.3, 0.4) is 0 Å². The molecule has 1 saturated carbocycles. The Morgan fingerprint density at radius 3 is 2.44 bits per heavy atom. The Balaban J connectivity index is 1.55. The minimum atomic E-state index is -0.374. The smallest absolute Gasteiger partial charge is 0.227 e. The molecule has 2 N–H and O–H groups in total. The van der Waals surface area contributed by atoms with Gasteiger partial charge in [0.2, 0.25) is 11.8 Å².